The van der Waals surface area contributed by atoms with Crippen molar-refractivity contribution in [3.63, 3.8) is 0 Å². The summed E-state index contributed by atoms with van der Waals surface area (Å²) in [4.78, 5) is 43.7. The molecule has 0 bridgehead atoms. The Morgan fingerprint density at radius 1 is 1.03 bits per heavy atom. The van der Waals surface area contributed by atoms with Crippen LogP contribution < -0.4 is 10.6 Å². The van der Waals surface area contributed by atoms with E-state index in [1.165, 1.54) is 36.4 Å². The molecule has 0 saturated heterocycles. The van der Waals surface area contributed by atoms with Gasteiger partial charge in [0.15, 0.2) is 0 Å². The maximum absolute atomic E-state index is 13.2. The average molecular weight is 457 g/mol. The van der Waals surface area contributed by atoms with Crippen molar-refractivity contribution < 1.29 is 23.9 Å². The number of benzene rings is 2. The minimum atomic E-state index is -1.04. The molecule has 164 valence electrons. The Morgan fingerprint density at radius 2 is 1.69 bits per heavy atom. The molecule has 32 heavy (non-hydrogen) atoms. The van der Waals surface area contributed by atoms with Crippen LogP contribution in [0.5, 0.6) is 0 Å². The van der Waals surface area contributed by atoms with Crippen LogP contribution in [-0.2, 0) is 6.54 Å². The first-order chi connectivity index (χ1) is 15.2. The van der Waals surface area contributed by atoms with E-state index in [1.54, 1.807) is 19.1 Å². The topological polar surface area (TPSA) is 121 Å². The molecule has 0 spiro atoms. The molecule has 1 atom stereocenters. The molecule has 1 heterocycles. The van der Waals surface area contributed by atoms with Gasteiger partial charge in [-0.25, -0.2) is 19.2 Å². The van der Waals surface area contributed by atoms with Crippen LogP contribution in [0.15, 0.2) is 54.9 Å². The van der Waals surface area contributed by atoms with Crippen LogP contribution in [0.3, 0.4) is 0 Å². The predicted octanol–water partition coefficient (Wildman–Crippen LogP) is 3.39. The van der Waals surface area contributed by atoms with Crippen molar-refractivity contribution in [2.45, 2.75) is 19.5 Å². The number of halogens is 2. The second-order valence-electron chi connectivity index (χ2n) is 6.84. The second-order valence-corrected chi connectivity index (χ2v) is 7.25. The first-order valence-electron chi connectivity index (χ1n) is 9.43. The van der Waals surface area contributed by atoms with E-state index in [9.17, 15) is 18.8 Å². The van der Waals surface area contributed by atoms with Crippen molar-refractivity contribution in [3.8, 4) is 0 Å². The largest absolute Gasteiger partial charge is 0.478 e. The Bertz CT molecular complexity index is 1170. The van der Waals surface area contributed by atoms with E-state index in [2.05, 4.69) is 20.6 Å². The van der Waals surface area contributed by atoms with Crippen LogP contribution in [0.1, 0.15) is 55.4 Å². The molecule has 0 saturated carbocycles. The molecule has 0 aliphatic heterocycles. The van der Waals surface area contributed by atoms with Gasteiger partial charge in [-0.15, -0.1) is 0 Å². The number of carbonyl (C=O) groups is 3. The molecule has 3 N–H and O–H groups in total. The van der Waals surface area contributed by atoms with E-state index in [1.807, 2.05) is 0 Å². The summed E-state index contributed by atoms with van der Waals surface area (Å²) in [5.41, 5.74) is 1.41. The molecule has 1 aromatic heterocycles. The van der Waals surface area contributed by atoms with Gasteiger partial charge < -0.3 is 15.7 Å². The summed E-state index contributed by atoms with van der Waals surface area (Å²) in [5, 5.41) is 14.3. The second kappa shape index (κ2) is 9.97. The zero-order valence-electron chi connectivity index (χ0n) is 16.8. The average Bonchev–Trinajstić information content (AvgIpc) is 2.79. The summed E-state index contributed by atoms with van der Waals surface area (Å²) in [6, 6.07) is 11.0. The number of amides is 2. The molecule has 0 fully saturated rings. The van der Waals surface area contributed by atoms with E-state index >= 15 is 0 Å². The molecule has 0 aliphatic rings. The number of hydrogen-bond donors (Lipinski definition) is 3. The van der Waals surface area contributed by atoms with Gasteiger partial charge in [-0.2, -0.15) is 0 Å². The van der Waals surface area contributed by atoms with Gasteiger partial charge in [0.05, 0.1) is 16.6 Å². The third-order valence-corrected chi connectivity index (χ3v) is 4.86. The minimum absolute atomic E-state index is 0.0102. The fourth-order valence-electron chi connectivity index (χ4n) is 2.80. The normalized spacial score (nSPS) is 11.5. The maximum atomic E-state index is 13.2. The maximum Gasteiger partial charge on any atom is 0.335 e. The van der Waals surface area contributed by atoms with Gasteiger partial charge in [-0.3, -0.25) is 9.59 Å². The van der Waals surface area contributed by atoms with E-state index in [-0.39, 0.29) is 28.5 Å². The van der Waals surface area contributed by atoms with E-state index in [0.717, 1.165) is 6.33 Å². The molecule has 2 amide bonds. The Hall–Kier alpha value is -3.85. The summed E-state index contributed by atoms with van der Waals surface area (Å²) < 4.78 is 13.2. The monoisotopic (exact) mass is 456 g/mol. The minimum Gasteiger partial charge on any atom is -0.478 e. The Kier molecular flexibility index (Phi) is 7.11. The summed E-state index contributed by atoms with van der Waals surface area (Å²) >= 11 is 5.73. The fourth-order valence-corrected chi connectivity index (χ4v) is 3.00. The van der Waals surface area contributed by atoms with E-state index < -0.39 is 29.6 Å². The fraction of sp³-hybridized carbons (Fsp3) is 0.136. The summed E-state index contributed by atoms with van der Waals surface area (Å²) in [5.74, 6) is -2.66. The van der Waals surface area contributed by atoms with Crippen molar-refractivity contribution in [2.75, 3.05) is 0 Å². The number of carboxylic acid groups (broad SMARTS) is 1. The quantitative estimate of drug-likeness (QED) is 0.501. The smallest absolute Gasteiger partial charge is 0.335 e. The van der Waals surface area contributed by atoms with Gasteiger partial charge in [0, 0.05) is 12.6 Å². The standard InChI is InChI=1S/C22H18ClFN4O4/c1-12(14-3-5-15(6-4-14)22(31)32)28-21(30)19-9-18(26-11-27-19)20(29)25-10-13-2-7-17(24)16(23)8-13/h2-9,11-12H,10H2,1H3,(H,25,29)(H,28,30)(H,31,32)/t12-/m0/s1. The Morgan fingerprint density at radius 3 is 2.31 bits per heavy atom. The first kappa shape index (κ1) is 22.8. The number of carboxylic acids is 1. The lowest BCUT2D eigenvalue weighted by Gasteiger charge is -2.14. The van der Waals surface area contributed by atoms with Crippen LogP contribution in [0.4, 0.5) is 4.39 Å². The zero-order valence-corrected chi connectivity index (χ0v) is 17.6. The molecule has 3 rings (SSSR count). The third-order valence-electron chi connectivity index (χ3n) is 4.57. The van der Waals surface area contributed by atoms with Gasteiger partial charge >= 0.3 is 5.97 Å². The molecule has 0 radical (unpaired) electrons. The number of aromatic carboxylic acids is 1. The molecule has 0 unspecified atom stereocenters. The van der Waals surface area contributed by atoms with Crippen LogP contribution in [0.25, 0.3) is 0 Å². The third kappa shape index (κ3) is 5.64. The number of rotatable bonds is 7. The number of nitrogens with zero attached hydrogens (tertiary/aromatic N) is 2. The van der Waals surface area contributed by atoms with E-state index in [0.29, 0.717) is 11.1 Å². The number of carbonyl (C=O) groups excluding carboxylic acids is 2. The molecule has 0 aliphatic carbocycles. The highest BCUT2D eigenvalue weighted by atomic mass is 35.5. The molecule has 2 aromatic carbocycles. The van der Waals surface area contributed by atoms with Crippen LogP contribution in [0.2, 0.25) is 5.02 Å². The summed E-state index contributed by atoms with van der Waals surface area (Å²) in [6.45, 7) is 1.82. The van der Waals surface area contributed by atoms with Gasteiger partial charge in [0.2, 0.25) is 0 Å². The zero-order chi connectivity index (χ0) is 23.3. The first-order valence-corrected chi connectivity index (χ1v) is 9.80. The SMILES string of the molecule is C[C@H](NC(=O)c1cc(C(=O)NCc2ccc(F)c(Cl)c2)ncn1)c1ccc(C(=O)O)cc1. The highest BCUT2D eigenvalue weighted by molar-refractivity contribution is 6.30. The Balaban J connectivity index is 1.63. The van der Waals surface area contributed by atoms with Crippen LogP contribution in [-0.4, -0.2) is 32.9 Å². The number of hydrogen-bond acceptors (Lipinski definition) is 5. The highest BCUT2D eigenvalue weighted by Gasteiger charge is 2.16. The van der Waals surface area contributed by atoms with E-state index in [4.69, 9.17) is 16.7 Å². The van der Waals surface area contributed by atoms with Crippen molar-refractivity contribution in [1.29, 1.82) is 0 Å². The summed E-state index contributed by atoms with van der Waals surface area (Å²) in [6.07, 6.45) is 1.10. The molecular weight excluding hydrogens is 439 g/mol. The number of aromatic nitrogens is 2. The van der Waals surface area contributed by atoms with Gasteiger partial charge in [-0.1, -0.05) is 29.8 Å². The van der Waals surface area contributed by atoms with Crippen molar-refractivity contribution in [2.24, 2.45) is 0 Å². The predicted molar refractivity (Wildman–Crippen MR) is 114 cm³/mol. The highest BCUT2D eigenvalue weighted by Crippen LogP contribution is 2.16. The van der Waals surface area contributed by atoms with Crippen molar-refractivity contribution in [3.05, 3.63) is 93.8 Å². The lowest BCUT2D eigenvalue weighted by Crippen LogP contribution is -2.29. The Labute approximate surface area is 187 Å². The molecule has 3 aromatic rings. The van der Waals surface area contributed by atoms with Crippen LogP contribution in [0, 0.1) is 5.82 Å². The molecular formula is C22H18ClFN4O4. The molecule has 8 nitrogen and oxygen atoms in total. The summed E-state index contributed by atoms with van der Waals surface area (Å²) in [7, 11) is 0. The molecule has 10 heteroatoms. The van der Waals surface area contributed by atoms with Gasteiger partial charge in [0.1, 0.15) is 23.5 Å². The lowest BCUT2D eigenvalue weighted by molar-refractivity contribution is 0.0696. The van der Waals surface area contributed by atoms with Crippen molar-refractivity contribution in [1.82, 2.24) is 20.6 Å². The van der Waals surface area contributed by atoms with Crippen LogP contribution >= 0.6 is 11.6 Å². The lowest BCUT2D eigenvalue weighted by atomic mass is 10.1. The van der Waals surface area contributed by atoms with Crippen molar-refractivity contribution >= 4 is 29.4 Å². The number of nitrogens with one attached hydrogen (secondary N) is 2. The van der Waals surface area contributed by atoms with Gasteiger partial charge in [0.25, 0.3) is 11.8 Å². The van der Waals surface area contributed by atoms with Gasteiger partial charge in [-0.05, 0) is 42.3 Å².